The summed E-state index contributed by atoms with van der Waals surface area (Å²) in [5.74, 6) is 0.0536. The van der Waals surface area contributed by atoms with Crippen molar-refractivity contribution < 1.29 is 18.0 Å². The topological polar surface area (TPSA) is 58.1 Å². The smallest absolute Gasteiger partial charge is 0.368 e. The van der Waals surface area contributed by atoms with Gasteiger partial charge in [0.15, 0.2) is 0 Å². The molecule has 1 amide bonds. The lowest BCUT2D eigenvalue weighted by atomic mass is 10.0. The van der Waals surface area contributed by atoms with Crippen LogP contribution < -0.4 is 5.32 Å². The van der Waals surface area contributed by atoms with Crippen LogP contribution in [0, 0.1) is 19.3 Å². The Morgan fingerprint density at radius 2 is 1.91 bits per heavy atom. The molecule has 178 valence electrons. The normalized spacial score (nSPS) is 19.0. The van der Waals surface area contributed by atoms with Gasteiger partial charge < -0.3 is 10.2 Å². The summed E-state index contributed by atoms with van der Waals surface area (Å²) in [6, 6.07) is 11.7. The SMILES string of the molecule is Cc1cc(C(F)(F)F)cc(NCC2CC3(CC3)CN2C(=O)c2nc(C)sc2-c2ccccc2)n1. The van der Waals surface area contributed by atoms with Gasteiger partial charge in [-0.2, -0.15) is 13.2 Å². The minimum atomic E-state index is -4.44. The summed E-state index contributed by atoms with van der Waals surface area (Å²) < 4.78 is 39.7. The van der Waals surface area contributed by atoms with Gasteiger partial charge in [-0.3, -0.25) is 4.79 Å². The van der Waals surface area contributed by atoms with Gasteiger partial charge in [0.25, 0.3) is 5.91 Å². The van der Waals surface area contributed by atoms with Crippen LogP contribution in [0.2, 0.25) is 0 Å². The Morgan fingerprint density at radius 3 is 2.59 bits per heavy atom. The zero-order chi connectivity index (χ0) is 24.1. The van der Waals surface area contributed by atoms with Gasteiger partial charge >= 0.3 is 6.18 Å². The van der Waals surface area contributed by atoms with Crippen LogP contribution in [0.5, 0.6) is 0 Å². The molecule has 3 heterocycles. The Labute approximate surface area is 200 Å². The number of anilines is 1. The van der Waals surface area contributed by atoms with Crippen LogP contribution in [-0.2, 0) is 6.18 Å². The molecule has 3 aromatic rings. The lowest BCUT2D eigenvalue weighted by Gasteiger charge is -2.25. The Kier molecular flexibility index (Phi) is 5.62. The summed E-state index contributed by atoms with van der Waals surface area (Å²) in [7, 11) is 0. The van der Waals surface area contributed by atoms with E-state index in [2.05, 4.69) is 15.3 Å². The minimum Gasteiger partial charge on any atom is -0.368 e. The first-order valence-electron chi connectivity index (χ1n) is 11.3. The highest BCUT2D eigenvalue weighted by Gasteiger charge is 2.53. The molecule has 1 N–H and O–H groups in total. The van der Waals surface area contributed by atoms with Gasteiger partial charge in [0.1, 0.15) is 11.5 Å². The molecule has 5 nitrogen and oxygen atoms in total. The van der Waals surface area contributed by atoms with Crippen LogP contribution in [0.15, 0.2) is 42.5 Å². The van der Waals surface area contributed by atoms with Crippen LogP contribution in [0.25, 0.3) is 10.4 Å². The monoisotopic (exact) mass is 486 g/mol. The number of hydrogen-bond acceptors (Lipinski definition) is 5. The van der Waals surface area contributed by atoms with Crippen molar-refractivity contribution in [3.05, 3.63) is 64.4 Å². The molecule has 1 unspecified atom stereocenters. The standard InChI is InChI=1S/C25H25F3N4OS/c1-15-10-18(25(26,27)28)11-20(30-15)29-13-19-12-24(8-9-24)14-32(19)23(33)21-22(34-16(2)31-21)17-6-4-3-5-7-17/h3-7,10-11,19H,8-9,12-14H2,1-2H3,(H,29,30). The number of thiazole rings is 1. The van der Waals surface area contributed by atoms with Gasteiger partial charge in [-0.1, -0.05) is 30.3 Å². The number of alkyl halides is 3. The first-order valence-corrected chi connectivity index (χ1v) is 12.1. The van der Waals surface area contributed by atoms with E-state index >= 15 is 0 Å². The number of carbonyl (C=O) groups excluding carboxylic acids is 1. The maximum absolute atomic E-state index is 13.7. The van der Waals surface area contributed by atoms with Crippen molar-refractivity contribution in [2.45, 2.75) is 45.3 Å². The lowest BCUT2D eigenvalue weighted by molar-refractivity contribution is -0.137. The van der Waals surface area contributed by atoms with Crippen LogP contribution >= 0.6 is 11.3 Å². The molecular formula is C25H25F3N4OS. The Balaban J connectivity index is 1.39. The van der Waals surface area contributed by atoms with Gasteiger partial charge in [-0.25, -0.2) is 9.97 Å². The van der Waals surface area contributed by atoms with Crippen molar-refractivity contribution in [1.82, 2.24) is 14.9 Å². The van der Waals surface area contributed by atoms with Gasteiger partial charge in [-0.15, -0.1) is 11.3 Å². The van der Waals surface area contributed by atoms with Gasteiger partial charge in [0, 0.05) is 24.8 Å². The molecule has 2 fully saturated rings. The number of aromatic nitrogens is 2. The molecular weight excluding hydrogens is 461 g/mol. The molecule has 2 aliphatic rings. The fourth-order valence-corrected chi connectivity index (χ4v) is 5.68. The maximum Gasteiger partial charge on any atom is 0.416 e. The van der Waals surface area contributed by atoms with E-state index < -0.39 is 11.7 Å². The van der Waals surface area contributed by atoms with Crippen molar-refractivity contribution in [2.24, 2.45) is 5.41 Å². The van der Waals surface area contributed by atoms with E-state index in [0.29, 0.717) is 24.5 Å². The fourth-order valence-electron chi connectivity index (χ4n) is 4.76. The first-order chi connectivity index (χ1) is 16.1. The third kappa shape index (κ3) is 4.53. The summed E-state index contributed by atoms with van der Waals surface area (Å²) in [4.78, 5) is 25.2. The molecule has 0 bridgehead atoms. The van der Waals surface area contributed by atoms with Crippen molar-refractivity contribution in [3.8, 4) is 10.4 Å². The van der Waals surface area contributed by atoms with E-state index in [4.69, 9.17) is 0 Å². The van der Waals surface area contributed by atoms with E-state index in [1.54, 1.807) is 6.92 Å². The number of nitrogens with zero attached hydrogens (tertiary/aromatic N) is 3. The van der Waals surface area contributed by atoms with Crippen LogP contribution in [0.1, 0.15) is 46.0 Å². The summed E-state index contributed by atoms with van der Waals surface area (Å²) >= 11 is 1.50. The number of amides is 1. The molecule has 0 radical (unpaired) electrons. The van der Waals surface area contributed by atoms with E-state index in [1.807, 2.05) is 42.2 Å². The van der Waals surface area contributed by atoms with Gasteiger partial charge in [-0.05, 0) is 56.2 Å². The second kappa shape index (κ2) is 8.37. The third-order valence-corrected chi connectivity index (χ3v) is 7.63. The predicted octanol–water partition coefficient (Wildman–Crippen LogP) is 5.95. The number of likely N-dealkylation sites (tertiary alicyclic amines) is 1. The summed E-state index contributed by atoms with van der Waals surface area (Å²) in [5, 5.41) is 3.89. The Morgan fingerprint density at radius 1 is 1.18 bits per heavy atom. The van der Waals surface area contributed by atoms with Gasteiger partial charge in [0.2, 0.25) is 0 Å². The molecule has 1 spiro atoms. The summed E-state index contributed by atoms with van der Waals surface area (Å²) in [6.45, 7) is 4.42. The molecule has 5 rings (SSSR count). The van der Waals surface area contributed by atoms with Crippen molar-refractivity contribution >= 4 is 23.1 Å². The molecule has 34 heavy (non-hydrogen) atoms. The number of aryl methyl sites for hydroxylation is 2. The zero-order valence-corrected chi connectivity index (χ0v) is 19.8. The number of nitrogens with one attached hydrogen (secondary N) is 1. The molecule has 2 aromatic heterocycles. The number of rotatable bonds is 5. The minimum absolute atomic E-state index is 0.119. The largest absolute Gasteiger partial charge is 0.416 e. The van der Waals surface area contributed by atoms with Crippen molar-refractivity contribution in [1.29, 1.82) is 0 Å². The number of pyridine rings is 1. The van der Waals surface area contributed by atoms with E-state index in [9.17, 15) is 18.0 Å². The quantitative estimate of drug-likeness (QED) is 0.484. The number of hydrogen-bond donors (Lipinski definition) is 1. The molecule has 1 atom stereocenters. The molecule has 1 saturated carbocycles. The number of carbonyl (C=O) groups is 1. The maximum atomic E-state index is 13.7. The highest BCUT2D eigenvalue weighted by Crippen LogP contribution is 2.55. The average molecular weight is 487 g/mol. The molecule has 1 aromatic carbocycles. The second-order valence-electron chi connectivity index (χ2n) is 9.33. The second-order valence-corrected chi connectivity index (χ2v) is 10.5. The molecule has 1 aliphatic heterocycles. The Bertz CT molecular complexity index is 1220. The van der Waals surface area contributed by atoms with E-state index in [1.165, 1.54) is 11.3 Å². The lowest BCUT2D eigenvalue weighted by Crippen LogP contribution is -2.40. The fraction of sp³-hybridized carbons (Fsp3) is 0.400. The van der Waals surface area contributed by atoms with E-state index in [0.717, 1.165) is 46.8 Å². The number of halogens is 3. The highest BCUT2D eigenvalue weighted by atomic mass is 32.1. The highest BCUT2D eigenvalue weighted by molar-refractivity contribution is 7.15. The van der Waals surface area contributed by atoms with E-state index in [-0.39, 0.29) is 23.2 Å². The average Bonchev–Trinajstić information content (AvgIpc) is 3.27. The molecule has 1 aliphatic carbocycles. The van der Waals surface area contributed by atoms with Gasteiger partial charge in [0.05, 0.1) is 15.4 Å². The zero-order valence-electron chi connectivity index (χ0n) is 18.9. The van der Waals surface area contributed by atoms with Crippen molar-refractivity contribution in [2.75, 3.05) is 18.4 Å². The van der Waals surface area contributed by atoms with Crippen LogP contribution in [-0.4, -0.2) is 39.9 Å². The predicted molar refractivity (Wildman–Crippen MR) is 126 cm³/mol. The first kappa shape index (κ1) is 22.8. The summed E-state index contributed by atoms with van der Waals surface area (Å²) in [6.07, 6.45) is -1.48. The molecule has 9 heteroatoms. The molecule has 1 saturated heterocycles. The third-order valence-electron chi connectivity index (χ3n) is 6.61. The number of benzene rings is 1. The summed E-state index contributed by atoms with van der Waals surface area (Å²) in [5.41, 5.74) is 1.09. The van der Waals surface area contributed by atoms with Crippen molar-refractivity contribution in [3.63, 3.8) is 0 Å². The Hall–Kier alpha value is -2.94. The van der Waals surface area contributed by atoms with Crippen LogP contribution in [0.3, 0.4) is 0 Å². The van der Waals surface area contributed by atoms with Crippen LogP contribution in [0.4, 0.5) is 19.0 Å².